The maximum Gasteiger partial charge on any atom is 0.119 e. The lowest BCUT2D eigenvalue weighted by molar-refractivity contribution is 0.276. The van der Waals surface area contributed by atoms with E-state index in [1.807, 2.05) is 72.8 Å². The van der Waals surface area contributed by atoms with Gasteiger partial charge in [-0.1, -0.05) is 12.1 Å². The van der Waals surface area contributed by atoms with Crippen molar-refractivity contribution >= 4 is 11.4 Å². The number of benzene rings is 3. The number of unbranched alkanes of at least 4 members (excludes halogenated alkanes) is 3. The Labute approximate surface area is 189 Å². The van der Waals surface area contributed by atoms with Gasteiger partial charge >= 0.3 is 0 Å². The summed E-state index contributed by atoms with van der Waals surface area (Å²) in [6.45, 7) is 1.40. The van der Waals surface area contributed by atoms with Crippen LogP contribution >= 0.6 is 0 Å². The molecule has 6 nitrogen and oxygen atoms in total. The summed E-state index contributed by atoms with van der Waals surface area (Å²) in [5, 5.41) is 17.6. The fraction of sp³-hybridized carbons (Fsp3) is 0.308. The molecule has 32 heavy (non-hydrogen) atoms. The van der Waals surface area contributed by atoms with Crippen LogP contribution in [0.25, 0.3) is 0 Å². The fourth-order valence-electron chi connectivity index (χ4n) is 3.04. The SMILES string of the molecule is COc1ccc(N=Nc2ccc(OCCCCCCOc3cccc(CO)c3)cc2)cc1. The second kappa shape index (κ2) is 13.1. The second-order valence-electron chi connectivity index (χ2n) is 7.31. The smallest absolute Gasteiger partial charge is 0.119 e. The Morgan fingerprint density at radius 1 is 0.656 bits per heavy atom. The highest BCUT2D eigenvalue weighted by Gasteiger charge is 1.99. The fourth-order valence-corrected chi connectivity index (χ4v) is 3.04. The molecule has 0 aromatic heterocycles. The molecular formula is C26H30N2O4. The first-order chi connectivity index (χ1) is 15.8. The molecule has 0 saturated heterocycles. The average Bonchev–Trinajstić information content (AvgIpc) is 2.85. The van der Waals surface area contributed by atoms with Crippen molar-refractivity contribution in [1.29, 1.82) is 0 Å². The van der Waals surface area contributed by atoms with E-state index in [9.17, 15) is 0 Å². The van der Waals surface area contributed by atoms with Crippen molar-refractivity contribution in [2.45, 2.75) is 32.3 Å². The van der Waals surface area contributed by atoms with Crippen molar-refractivity contribution < 1.29 is 19.3 Å². The number of hydrogen-bond donors (Lipinski definition) is 1. The van der Waals surface area contributed by atoms with Crippen molar-refractivity contribution in [1.82, 2.24) is 0 Å². The van der Waals surface area contributed by atoms with Gasteiger partial charge in [0, 0.05) is 0 Å². The number of aliphatic hydroxyl groups is 1. The molecule has 3 rings (SSSR count). The molecule has 0 radical (unpaired) electrons. The predicted octanol–water partition coefficient (Wildman–Crippen LogP) is 6.62. The molecule has 168 valence electrons. The van der Waals surface area contributed by atoms with Gasteiger partial charge in [-0.15, -0.1) is 0 Å². The van der Waals surface area contributed by atoms with Gasteiger partial charge in [-0.25, -0.2) is 0 Å². The summed E-state index contributed by atoms with van der Waals surface area (Å²) in [5.41, 5.74) is 2.42. The highest BCUT2D eigenvalue weighted by Crippen LogP contribution is 2.23. The van der Waals surface area contributed by atoms with Crippen molar-refractivity contribution in [3.05, 3.63) is 78.4 Å². The van der Waals surface area contributed by atoms with Gasteiger partial charge in [0.2, 0.25) is 0 Å². The van der Waals surface area contributed by atoms with Crippen LogP contribution in [-0.2, 0) is 6.61 Å². The zero-order valence-corrected chi connectivity index (χ0v) is 18.4. The van der Waals surface area contributed by atoms with Gasteiger partial charge in [0.05, 0.1) is 38.3 Å². The number of azo groups is 1. The molecule has 0 aliphatic heterocycles. The predicted molar refractivity (Wildman–Crippen MR) is 125 cm³/mol. The zero-order chi connectivity index (χ0) is 22.4. The van der Waals surface area contributed by atoms with E-state index in [1.54, 1.807) is 7.11 Å². The molecule has 0 amide bonds. The van der Waals surface area contributed by atoms with Gasteiger partial charge < -0.3 is 19.3 Å². The summed E-state index contributed by atoms with van der Waals surface area (Å²) >= 11 is 0. The van der Waals surface area contributed by atoms with Crippen molar-refractivity contribution in [3.8, 4) is 17.2 Å². The molecule has 0 saturated carbocycles. The molecule has 0 atom stereocenters. The third-order valence-electron chi connectivity index (χ3n) is 4.85. The van der Waals surface area contributed by atoms with E-state index in [0.717, 1.165) is 59.9 Å². The standard InChI is InChI=1S/C26H30N2O4/c1-30-24-13-9-22(10-14-24)27-28-23-11-15-25(16-12-23)31-17-4-2-3-5-18-32-26-8-6-7-21(19-26)20-29/h6-16,19,29H,2-5,17-18,20H2,1H3. The van der Waals surface area contributed by atoms with Crippen molar-refractivity contribution in [2.24, 2.45) is 10.2 Å². The molecule has 0 heterocycles. The molecule has 6 heteroatoms. The average molecular weight is 435 g/mol. The van der Waals surface area contributed by atoms with E-state index in [2.05, 4.69) is 10.2 Å². The van der Waals surface area contributed by atoms with Gasteiger partial charge in [-0.2, -0.15) is 10.2 Å². The zero-order valence-electron chi connectivity index (χ0n) is 18.4. The minimum atomic E-state index is 0.0354. The molecule has 0 unspecified atom stereocenters. The summed E-state index contributed by atoms with van der Waals surface area (Å²) in [4.78, 5) is 0. The first kappa shape index (κ1) is 23.3. The highest BCUT2D eigenvalue weighted by atomic mass is 16.5. The maximum atomic E-state index is 9.15. The molecule has 0 aliphatic rings. The third kappa shape index (κ3) is 8.04. The number of aliphatic hydroxyl groups excluding tert-OH is 1. The Hall–Kier alpha value is -3.38. The number of ether oxygens (including phenoxy) is 3. The van der Waals surface area contributed by atoms with Gasteiger partial charge in [0.1, 0.15) is 17.2 Å². The maximum absolute atomic E-state index is 9.15. The van der Waals surface area contributed by atoms with Crippen LogP contribution in [0.5, 0.6) is 17.2 Å². The van der Waals surface area contributed by atoms with Gasteiger partial charge in [-0.3, -0.25) is 0 Å². The van der Waals surface area contributed by atoms with E-state index in [4.69, 9.17) is 19.3 Å². The quantitative estimate of drug-likeness (QED) is 0.242. The van der Waals surface area contributed by atoms with Crippen molar-refractivity contribution in [2.75, 3.05) is 20.3 Å². The highest BCUT2D eigenvalue weighted by molar-refractivity contribution is 5.44. The van der Waals surface area contributed by atoms with Crippen LogP contribution in [0.15, 0.2) is 83.0 Å². The minimum Gasteiger partial charge on any atom is -0.497 e. The lowest BCUT2D eigenvalue weighted by Gasteiger charge is -2.08. The molecule has 3 aromatic carbocycles. The van der Waals surface area contributed by atoms with Crippen LogP contribution < -0.4 is 14.2 Å². The largest absolute Gasteiger partial charge is 0.497 e. The second-order valence-corrected chi connectivity index (χ2v) is 7.31. The van der Waals surface area contributed by atoms with E-state index < -0.39 is 0 Å². The topological polar surface area (TPSA) is 72.6 Å². The summed E-state index contributed by atoms with van der Waals surface area (Å²) in [6.07, 6.45) is 4.18. The lowest BCUT2D eigenvalue weighted by Crippen LogP contribution is -2.00. The Bertz CT molecular complexity index is 956. The first-order valence-electron chi connectivity index (χ1n) is 10.9. The van der Waals surface area contributed by atoms with Crippen LogP contribution in [0.3, 0.4) is 0 Å². The summed E-state index contributed by atoms with van der Waals surface area (Å²) in [5.74, 6) is 2.44. The molecule has 3 aromatic rings. The van der Waals surface area contributed by atoms with Gasteiger partial charge in [0.25, 0.3) is 0 Å². The number of methoxy groups -OCH3 is 1. The van der Waals surface area contributed by atoms with Crippen LogP contribution in [0, 0.1) is 0 Å². The van der Waals surface area contributed by atoms with E-state index in [-0.39, 0.29) is 6.61 Å². The number of nitrogens with zero attached hydrogens (tertiary/aromatic N) is 2. The molecule has 0 aliphatic carbocycles. The minimum absolute atomic E-state index is 0.0354. The summed E-state index contributed by atoms with van der Waals surface area (Å²) in [7, 11) is 1.64. The number of rotatable bonds is 13. The van der Waals surface area contributed by atoms with Gasteiger partial charge in [0.15, 0.2) is 0 Å². The van der Waals surface area contributed by atoms with Crippen LogP contribution in [0.2, 0.25) is 0 Å². The Morgan fingerprint density at radius 3 is 1.78 bits per heavy atom. The third-order valence-corrected chi connectivity index (χ3v) is 4.85. The van der Waals surface area contributed by atoms with E-state index >= 15 is 0 Å². The molecule has 1 N–H and O–H groups in total. The molecule has 0 fully saturated rings. The van der Waals surface area contributed by atoms with E-state index in [0.29, 0.717) is 13.2 Å². The van der Waals surface area contributed by atoms with Gasteiger partial charge in [-0.05, 0) is 91.9 Å². The van der Waals surface area contributed by atoms with Crippen LogP contribution in [0.4, 0.5) is 11.4 Å². The molecule has 0 bridgehead atoms. The first-order valence-corrected chi connectivity index (χ1v) is 10.9. The summed E-state index contributed by atoms with van der Waals surface area (Å²) in [6, 6.07) is 22.6. The summed E-state index contributed by atoms with van der Waals surface area (Å²) < 4.78 is 16.7. The van der Waals surface area contributed by atoms with Crippen LogP contribution in [0.1, 0.15) is 31.2 Å². The molecule has 0 spiro atoms. The van der Waals surface area contributed by atoms with E-state index in [1.165, 1.54) is 0 Å². The van der Waals surface area contributed by atoms with Crippen molar-refractivity contribution in [3.63, 3.8) is 0 Å². The normalized spacial score (nSPS) is 10.9. The monoisotopic (exact) mass is 434 g/mol. The lowest BCUT2D eigenvalue weighted by atomic mass is 10.2. The number of hydrogen-bond acceptors (Lipinski definition) is 6. The molecular weight excluding hydrogens is 404 g/mol. The Balaban J connectivity index is 1.27. The Kier molecular flexibility index (Phi) is 9.55. The Morgan fingerprint density at radius 2 is 1.22 bits per heavy atom. The van der Waals surface area contributed by atoms with Crippen LogP contribution in [-0.4, -0.2) is 25.4 Å².